The SMILES string of the molecule is COc1ccc(-n2c(C)ccc2/C=C(/C#N)C(=O)Nc2cccc(OC)c2)cc1. The summed E-state index contributed by atoms with van der Waals surface area (Å²) in [6.07, 6.45) is 1.58. The standard InChI is InChI=1S/C23H21N3O3/c1-16-7-8-20(26(16)19-9-11-21(28-2)12-10-19)13-17(15-24)23(27)25-18-5-4-6-22(14-18)29-3/h4-14H,1-3H3,(H,25,27)/b17-13-. The van der Waals surface area contributed by atoms with Gasteiger partial charge in [-0.1, -0.05) is 6.07 Å². The van der Waals surface area contributed by atoms with E-state index in [2.05, 4.69) is 5.32 Å². The van der Waals surface area contributed by atoms with Crippen LogP contribution >= 0.6 is 0 Å². The lowest BCUT2D eigenvalue weighted by molar-refractivity contribution is -0.112. The quantitative estimate of drug-likeness (QED) is 0.504. The van der Waals surface area contributed by atoms with Crippen LogP contribution in [0.15, 0.2) is 66.2 Å². The summed E-state index contributed by atoms with van der Waals surface area (Å²) in [4.78, 5) is 12.6. The fourth-order valence-electron chi connectivity index (χ4n) is 2.95. The van der Waals surface area contributed by atoms with Crippen molar-refractivity contribution in [3.05, 3.63) is 77.6 Å². The molecule has 29 heavy (non-hydrogen) atoms. The molecular weight excluding hydrogens is 366 g/mol. The lowest BCUT2D eigenvalue weighted by Gasteiger charge is -2.11. The van der Waals surface area contributed by atoms with E-state index in [9.17, 15) is 10.1 Å². The number of nitrogens with zero attached hydrogens (tertiary/aromatic N) is 2. The number of hydrogen-bond donors (Lipinski definition) is 1. The third-order valence-corrected chi connectivity index (χ3v) is 4.42. The Bertz CT molecular complexity index is 1090. The Labute approximate surface area is 169 Å². The summed E-state index contributed by atoms with van der Waals surface area (Å²) in [5.41, 5.74) is 3.17. The Morgan fingerprint density at radius 1 is 1.03 bits per heavy atom. The maximum atomic E-state index is 12.6. The predicted molar refractivity (Wildman–Crippen MR) is 112 cm³/mol. The third-order valence-electron chi connectivity index (χ3n) is 4.42. The first-order valence-corrected chi connectivity index (χ1v) is 8.95. The summed E-state index contributed by atoms with van der Waals surface area (Å²) >= 11 is 0. The van der Waals surface area contributed by atoms with Crippen LogP contribution in [0.3, 0.4) is 0 Å². The molecule has 1 aromatic heterocycles. The smallest absolute Gasteiger partial charge is 0.266 e. The lowest BCUT2D eigenvalue weighted by atomic mass is 10.2. The summed E-state index contributed by atoms with van der Waals surface area (Å²) in [7, 11) is 3.17. The van der Waals surface area contributed by atoms with Gasteiger partial charge in [0.25, 0.3) is 5.91 Å². The molecule has 0 atom stereocenters. The van der Waals surface area contributed by atoms with Crippen molar-refractivity contribution in [3.8, 4) is 23.3 Å². The second-order valence-electron chi connectivity index (χ2n) is 6.29. The number of nitrogens with one attached hydrogen (secondary N) is 1. The van der Waals surface area contributed by atoms with E-state index in [4.69, 9.17) is 9.47 Å². The Balaban J connectivity index is 1.91. The second kappa shape index (κ2) is 8.81. The number of aromatic nitrogens is 1. The Morgan fingerprint density at radius 3 is 2.41 bits per heavy atom. The fraction of sp³-hybridized carbons (Fsp3) is 0.130. The van der Waals surface area contributed by atoms with Gasteiger partial charge < -0.3 is 19.4 Å². The van der Waals surface area contributed by atoms with Gasteiger partial charge >= 0.3 is 0 Å². The van der Waals surface area contributed by atoms with Gasteiger partial charge in [-0.3, -0.25) is 4.79 Å². The largest absolute Gasteiger partial charge is 0.497 e. The number of benzene rings is 2. The molecule has 0 aliphatic rings. The molecule has 0 saturated carbocycles. The number of aryl methyl sites for hydroxylation is 1. The van der Waals surface area contributed by atoms with Crippen LogP contribution in [0, 0.1) is 18.3 Å². The van der Waals surface area contributed by atoms with Gasteiger partial charge in [-0.25, -0.2) is 0 Å². The van der Waals surface area contributed by atoms with Crippen molar-refractivity contribution in [1.29, 1.82) is 5.26 Å². The summed E-state index contributed by atoms with van der Waals surface area (Å²) < 4.78 is 12.3. The van der Waals surface area contributed by atoms with Crippen LogP contribution in [-0.4, -0.2) is 24.7 Å². The minimum Gasteiger partial charge on any atom is -0.497 e. The first kappa shape index (κ1) is 19.8. The van der Waals surface area contributed by atoms with E-state index in [0.29, 0.717) is 11.4 Å². The molecule has 0 radical (unpaired) electrons. The molecule has 2 aromatic carbocycles. The molecule has 1 heterocycles. The van der Waals surface area contributed by atoms with Crippen LogP contribution in [0.25, 0.3) is 11.8 Å². The number of ether oxygens (including phenoxy) is 2. The highest BCUT2D eigenvalue weighted by Crippen LogP contribution is 2.22. The van der Waals surface area contributed by atoms with Gasteiger partial charge in [0.1, 0.15) is 23.1 Å². The first-order valence-electron chi connectivity index (χ1n) is 8.95. The minimum absolute atomic E-state index is 0.000631. The van der Waals surface area contributed by atoms with Gasteiger partial charge in [0.2, 0.25) is 0 Å². The van der Waals surface area contributed by atoms with Crippen LogP contribution in [0.4, 0.5) is 5.69 Å². The van der Waals surface area contributed by atoms with E-state index < -0.39 is 5.91 Å². The van der Waals surface area contributed by atoms with Crippen LogP contribution in [0.5, 0.6) is 11.5 Å². The van der Waals surface area contributed by atoms with E-state index in [1.54, 1.807) is 44.6 Å². The highest BCUT2D eigenvalue weighted by molar-refractivity contribution is 6.09. The first-order chi connectivity index (χ1) is 14.0. The molecule has 0 aliphatic carbocycles. The summed E-state index contributed by atoms with van der Waals surface area (Å²) in [6, 6.07) is 20.3. The molecule has 3 aromatic rings. The van der Waals surface area contributed by atoms with E-state index in [0.717, 1.165) is 22.8 Å². The van der Waals surface area contributed by atoms with E-state index >= 15 is 0 Å². The molecular formula is C23H21N3O3. The minimum atomic E-state index is -0.485. The van der Waals surface area contributed by atoms with Crippen LogP contribution in [-0.2, 0) is 4.79 Å². The number of nitriles is 1. The van der Waals surface area contributed by atoms with Gasteiger partial charge in [-0.05, 0) is 61.5 Å². The van der Waals surface area contributed by atoms with Gasteiger partial charge in [0, 0.05) is 28.8 Å². The molecule has 0 fully saturated rings. The molecule has 1 N–H and O–H groups in total. The van der Waals surface area contributed by atoms with Gasteiger partial charge in [-0.2, -0.15) is 5.26 Å². The van der Waals surface area contributed by atoms with Crippen molar-refractivity contribution in [3.63, 3.8) is 0 Å². The monoisotopic (exact) mass is 387 g/mol. The topological polar surface area (TPSA) is 76.3 Å². The maximum absolute atomic E-state index is 12.6. The number of carbonyl (C=O) groups excluding carboxylic acids is 1. The average molecular weight is 387 g/mol. The van der Waals surface area contributed by atoms with Crippen LogP contribution in [0.1, 0.15) is 11.4 Å². The Hall–Kier alpha value is -3.98. The van der Waals surface area contributed by atoms with Gasteiger partial charge in [0.05, 0.1) is 14.2 Å². The Morgan fingerprint density at radius 2 is 1.76 bits per heavy atom. The third kappa shape index (κ3) is 4.47. The normalized spacial score (nSPS) is 10.9. The summed E-state index contributed by atoms with van der Waals surface area (Å²) in [5, 5.41) is 12.3. The molecule has 3 rings (SSSR count). The lowest BCUT2D eigenvalue weighted by Crippen LogP contribution is -2.13. The zero-order chi connectivity index (χ0) is 20.8. The number of anilines is 1. The molecule has 146 valence electrons. The van der Waals surface area contributed by atoms with Crippen LogP contribution in [0.2, 0.25) is 0 Å². The molecule has 0 unspecified atom stereocenters. The number of methoxy groups -OCH3 is 2. The number of carbonyl (C=O) groups is 1. The maximum Gasteiger partial charge on any atom is 0.266 e. The highest BCUT2D eigenvalue weighted by Gasteiger charge is 2.13. The molecule has 6 heteroatoms. The zero-order valence-electron chi connectivity index (χ0n) is 16.5. The van der Waals surface area contributed by atoms with Crippen molar-refractivity contribution in [2.24, 2.45) is 0 Å². The van der Waals surface area contributed by atoms with Crippen molar-refractivity contribution in [2.45, 2.75) is 6.92 Å². The second-order valence-corrected chi connectivity index (χ2v) is 6.29. The number of amides is 1. The van der Waals surface area contributed by atoms with Crippen molar-refractivity contribution in [1.82, 2.24) is 4.57 Å². The fourth-order valence-corrected chi connectivity index (χ4v) is 2.95. The van der Waals surface area contributed by atoms with Gasteiger partial charge in [0.15, 0.2) is 0 Å². The molecule has 0 spiro atoms. The van der Waals surface area contributed by atoms with Crippen molar-refractivity contribution < 1.29 is 14.3 Å². The van der Waals surface area contributed by atoms with Gasteiger partial charge in [-0.15, -0.1) is 0 Å². The van der Waals surface area contributed by atoms with Crippen molar-refractivity contribution >= 4 is 17.7 Å². The molecule has 0 aliphatic heterocycles. The number of rotatable bonds is 6. The molecule has 1 amide bonds. The zero-order valence-corrected chi connectivity index (χ0v) is 16.5. The number of hydrogen-bond acceptors (Lipinski definition) is 4. The summed E-state index contributed by atoms with van der Waals surface area (Å²) in [6.45, 7) is 1.96. The highest BCUT2D eigenvalue weighted by atomic mass is 16.5. The van der Waals surface area contributed by atoms with E-state index in [1.807, 2.05) is 54.0 Å². The molecule has 0 saturated heterocycles. The Kier molecular flexibility index (Phi) is 6.00. The van der Waals surface area contributed by atoms with E-state index in [1.165, 1.54) is 0 Å². The van der Waals surface area contributed by atoms with E-state index in [-0.39, 0.29) is 5.57 Å². The average Bonchev–Trinajstić information content (AvgIpc) is 3.12. The summed E-state index contributed by atoms with van der Waals surface area (Å²) in [5.74, 6) is 0.890. The van der Waals surface area contributed by atoms with Crippen LogP contribution < -0.4 is 14.8 Å². The van der Waals surface area contributed by atoms with Crippen molar-refractivity contribution in [2.75, 3.05) is 19.5 Å². The predicted octanol–water partition coefficient (Wildman–Crippen LogP) is 4.35. The molecule has 6 nitrogen and oxygen atoms in total. The molecule has 0 bridgehead atoms.